The molecule has 0 radical (unpaired) electrons. The van der Waals surface area contributed by atoms with Crippen molar-refractivity contribution in [1.82, 2.24) is 15.3 Å². The number of carboxylic acid groups (broad SMARTS) is 1. The van der Waals surface area contributed by atoms with Crippen molar-refractivity contribution in [2.45, 2.75) is 32.2 Å². The standard InChI is InChI=1S/C17H19N3O3/c1-3-17(4-2,16(22)23)20-15(21)13-10-18-14(19-11-13)12-8-6-5-7-9-12/h5-11H,3-4H2,1-2H3,(H,20,21)(H,22,23). The lowest BCUT2D eigenvalue weighted by molar-refractivity contribution is -0.144. The van der Waals surface area contributed by atoms with E-state index < -0.39 is 17.4 Å². The molecule has 1 heterocycles. The van der Waals surface area contributed by atoms with Gasteiger partial charge in [0.15, 0.2) is 5.82 Å². The van der Waals surface area contributed by atoms with Crippen LogP contribution in [0.2, 0.25) is 0 Å². The number of nitrogens with one attached hydrogen (secondary N) is 1. The van der Waals surface area contributed by atoms with E-state index in [2.05, 4.69) is 15.3 Å². The van der Waals surface area contributed by atoms with Gasteiger partial charge in [-0.1, -0.05) is 44.2 Å². The Morgan fingerprint density at radius 3 is 2.13 bits per heavy atom. The van der Waals surface area contributed by atoms with Crippen LogP contribution in [-0.2, 0) is 4.79 Å². The first-order chi connectivity index (χ1) is 11.0. The molecule has 2 aromatic rings. The smallest absolute Gasteiger partial charge is 0.329 e. The van der Waals surface area contributed by atoms with Crippen LogP contribution in [0.25, 0.3) is 11.4 Å². The lowest BCUT2D eigenvalue weighted by Crippen LogP contribution is -2.53. The second-order valence-corrected chi connectivity index (χ2v) is 5.21. The maximum Gasteiger partial charge on any atom is 0.329 e. The number of hydrogen-bond donors (Lipinski definition) is 2. The van der Waals surface area contributed by atoms with Crippen LogP contribution in [0.3, 0.4) is 0 Å². The van der Waals surface area contributed by atoms with Crippen molar-refractivity contribution in [1.29, 1.82) is 0 Å². The summed E-state index contributed by atoms with van der Waals surface area (Å²) in [7, 11) is 0. The van der Waals surface area contributed by atoms with E-state index in [9.17, 15) is 14.7 Å². The number of amides is 1. The summed E-state index contributed by atoms with van der Waals surface area (Å²) in [6.07, 6.45) is 3.41. The van der Waals surface area contributed by atoms with Gasteiger partial charge in [-0.05, 0) is 12.8 Å². The van der Waals surface area contributed by atoms with Crippen LogP contribution in [0, 0.1) is 0 Å². The summed E-state index contributed by atoms with van der Waals surface area (Å²) in [4.78, 5) is 32.1. The number of nitrogens with zero attached hydrogens (tertiary/aromatic N) is 2. The quantitative estimate of drug-likeness (QED) is 0.855. The summed E-state index contributed by atoms with van der Waals surface area (Å²) in [6.45, 7) is 3.46. The Kier molecular flexibility index (Phi) is 5.05. The molecule has 0 aliphatic heterocycles. The van der Waals surface area contributed by atoms with E-state index in [1.54, 1.807) is 13.8 Å². The van der Waals surface area contributed by atoms with E-state index in [1.807, 2.05) is 30.3 Å². The van der Waals surface area contributed by atoms with Gasteiger partial charge in [-0.15, -0.1) is 0 Å². The number of carbonyl (C=O) groups is 2. The molecule has 0 saturated heterocycles. The van der Waals surface area contributed by atoms with Gasteiger partial charge in [0, 0.05) is 18.0 Å². The fraction of sp³-hybridized carbons (Fsp3) is 0.294. The Labute approximate surface area is 134 Å². The molecule has 1 aromatic carbocycles. The summed E-state index contributed by atoms with van der Waals surface area (Å²) in [6, 6.07) is 9.40. The van der Waals surface area contributed by atoms with E-state index in [1.165, 1.54) is 12.4 Å². The summed E-state index contributed by atoms with van der Waals surface area (Å²) in [5, 5.41) is 12.0. The molecule has 0 spiro atoms. The van der Waals surface area contributed by atoms with Gasteiger partial charge in [-0.2, -0.15) is 0 Å². The van der Waals surface area contributed by atoms with Gasteiger partial charge >= 0.3 is 5.97 Å². The molecule has 2 rings (SSSR count). The van der Waals surface area contributed by atoms with Crippen LogP contribution in [0.4, 0.5) is 0 Å². The lowest BCUT2D eigenvalue weighted by atomic mass is 9.92. The summed E-state index contributed by atoms with van der Waals surface area (Å²) in [5.74, 6) is -1.02. The highest BCUT2D eigenvalue weighted by Crippen LogP contribution is 2.17. The van der Waals surface area contributed by atoms with E-state index in [-0.39, 0.29) is 5.56 Å². The summed E-state index contributed by atoms with van der Waals surface area (Å²) in [5.41, 5.74) is -0.187. The second kappa shape index (κ2) is 7.00. The second-order valence-electron chi connectivity index (χ2n) is 5.21. The largest absolute Gasteiger partial charge is 0.480 e. The Bertz CT molecular complexity index is 680. The predicted molar refractivity (Wildman–Crippen MR) is 85.9 cm³/mol. The maximum absolute atomic E-state index is 12.3. The zero-order valence-corrected chi connectivity index (χ0v) is 13.1. The van der Waals surface area contributed by atoms with Gasteiger partial charge in [0.05, 0.1) is 5.56 Å². The van der Waals surface area contributed by atoms with Crippen molar-refractivity contribution < 1.29 is 14.7 Å². The monoisotopic (exact) mass is 313 g/mol. The molecule has 6 heteroatoms. The van der Waals surface area contributed by atoms with Crippen LogP contribution in [0.5, 0.6) is 0 Å². The minimum Gasteiger partial charge on any atom is -0.480 e. The molecule has 0 fully saturated rings. The fourth-order valence-electron chi connectivity index (χ4n) is 2.25. The van der Waals surface area contributed by atoms with Crippen LogP contribution in [0.15, 0.2) is 42.7 Å². The van der Waals surface area contributed by atoms with E-state index in [0.717, 1.165) is 5.56 Å². The van der Waals surface area contributed by atoms with Crippen molar-refractivity contribution in [2.75, 3.05) is 0 Å². The number of hydrogen-bond acceptors (Lipinski definition) is 4. The molecule has 0 unspecified atom stereocenters. The number of benzene rings is 1. The number of carbonyl (C=O) groups excluding carboxylic acids is 1. The molecule has 6 nitrogen and oxygen atoms in total. The van der Waals surface area contributed by atoms with Crippen molar-refractivity contribution in [3.8, 4) is 11.4 Å². The highest BCUT2D eigenvalue weighted by atomic mass is 16.4. The molecule has 2 N–H and O–H groups in total. The van der Waals surface area contributed by atoms with Gasteiger partial charge in [0.2, 0.25) is 0 Å². The molecule has 0 aliphatic carbocycles. The lowest BCUT2D eigenvalue weighted by Gasteiger charge is -2.27. The zero-order chi connectivity index (χ0) is 16.9. The van der Waals surface area contributed by atoms with E-state index >= 15 is 0 Å². The third kappa shape index (κ3) is 3.53. The first-order valence-electron chi connectivity index (χ1n) is 7.45. The van der Waals surface area contributed by atoms with Crippen LogP contribution in [-0.4, -0.2) is 32.5 Å². The number of carboxylic acids is 1. The Balaban J connectivity index is 2.19. The van der Waals surface area contributed by atoms with Gasteiger partial charge in [0.1, 0.15) is 5.54 Å². The third-order valence-corrected chi connectivity index (χ3v) is 3.92. The van der Waals surface area contributed by atoms with E-state index in [0.29, 0.717) is 18.7 Å². The minimum atomic E-state index is -1.27. The van der Waals surface area contributed by atoms with Crippen LogP contribution >= 0.6 is 0 Å². The van der Waals surface area contributed by atoms with Gasteiger partial charge in [-0.3, -0.25) is 4.79 Å². The van der Waals surface area contributed by atoms with Crippen molar-refractivity contribution in [2.24, 2.45) is 0 Å². The number of rotatable bonds is 6. The molecule has 0 aliphatic rings. The summed E-state index contributed by atoms with van der Waals surface area (Å²) >= 11 is 0. The highest BCUT2D eigenvalue weighted by Gasteiger charge is 2.36. The van der Waals surface area contributed by atoms with Gasteiger partial charge in [0.25, 0.3) is 5.91 Å². The Morgan fingerprint density at radius 2 is 1.65 bits per heavy atom. The summed E-state index contributed by atoms with van der Waals surface area (Å²) < 4.78 is 0. The minimum absolute atomic E-state index is 0.234. The molecule has 0 bridgehead atoms. The molecular weight excluding hydrogens is 294 g/mol. The van der Waals surface area contributed by atoms with Crippen molar-refractivity contribution in [3.05, 3.63) is 48.3 Å². The molecule has 120 valence electrons. The maximum atomic E-state index is 12.3. The van der Waals surface area contributed by atoms with E-state index in [4.69, 9.17) is 0 Å². The zero-order valence-electron chi connectivity index (χ0n) is 13.1. The third-order valence-electron chi connectivity index (χ3n) is 3.92. The van der Waals surface area contributed by atoms with Crippen LogP contribution in [0.1, 0.15) is 37.0 Å². The first-order valence-corrected chi connectivity index (χ1v) is 7.45. The SMILES string of the molecule is CCC(CC)(NC(=O)c1cnc(-c2ccccc2)nc1)C(=O)O. The fourth-order valence-corrected chi connectivity index (χ4v) is 2.25. The first kappa shape index (κ1) is 16.6. The number of aliphatic carboxylic acids is 1. The molecule has 1 amide bonds. The predicted octanol–water partition coefficient (Wildman–Crippen LogP) is 2.52. The molecule has 0 atom stereocenters. The Hall–Kier alpha value is -2.76. The normalized spacial score (nSPS) is 11.0. The molecular formula is C17H19N3O3. The van der Waals surface area contributed by atoms with Crippen molar-refractivity contribution in [3.63, 3.8) is 0 Å². The Morgan fingerprint density at radius 1 is 1.09 bits per heavy atom. The van der Waals surface area contributed by atoms with Crippen LogP contribution < -0.4 is 5.32 Å². The highest BCUT2D eigenvalue weighted by molar-refractivity contribution is 5.97. The molecule has 0 saturated carbocycles. The molecule has 23 heavy (non-hydrogen) atoms. The average Bonchev–Trinajstić information content (AvgIpc) is 2.60. The molecule has 1 aromatic heterocycles. The van der Waals surface area contributed by atoms with Crippen molar-refractivity contribution >= 4 is 11.9 Å². The topological polar surface area (TPSA) is 92.2 Å². The van der Waals surface area contributed by atoms with Gasteiger partial charge < -0.3 is 10.4 Å². The van der Waals surface area contributed by atoms with Gasteiger partial charge in [-0.25, -0.2) is 14.8 Å². The average molecular weight is 313 g/mol. The number of aromatic nitrogens is 2.